The van der Waals surface area contributed by atoms with Crippen molar-refractivity contribution in [1.82, 2.24) is 9.47 Å². The van der Waals surface area contributed by atoms with E-state index in [9.17, 15) is 4.79 Å². The number of benzene rings is 2. The molecule has 0 saturated carbocycles. The number of nitrogens with zero attached hydrogens (tertiary/aromatic N) is 2. The van der Waals surface area contributed by atoms with Gasteiger partial charge in [-0.3, -0.25) is 4.79 Å². The molecule has 1 aromatic heterocycles. The topological polar surface area (TPSA) is 34.5 Å². The van der Waals surface area contributed by atoms with Crippen LogP contribution in [0.3, 0.4) is 0 Å². The largest absolute Gasteiger partial charge is 0.370 e. The van der Waals surface area contributed by atoms with E-state index in [1.165, 1.54) is 16.5 Å². The number of hydrogen-bond donors (Lipinski definition) is 0. The quantitative estimate of drug-likeness (QED) is 0.716. The fourth-order valence-corrected chi connectivity index (χ4v) is 3.63. The molecule has 1 saturated heterocycles. The Morgan fingerprint density at radius 3 is 2.85 bits per heavy atom. The maximum absolute atomic E-state index is 12.7. The van der Waals surface area contributed by atoms with Crippen LogP contribution >= 0.6 is 0 Å². The highest BCUT2D eigenvalue weighted by Gasteiger charge is 2.25. The van der Waals surface area contributed by atoms with E-state index >= 15 is 0 Å². The van der Waals surface area contributed by atoms with Crippen LogP contribution < -0.4 is 0 Å². The van der Waals surface area contributed by atoms with Crippen molar-refractivity contribution < 1.29 is 9.53 Å². The second kappa shape index (κ2) is 7.34. The number of hydrogen-bond acceptors (Lipinski definition) is 2. The maximum Gasteiger partial charge on any atom is 0.224 e. The number of carbonyl (C=O) groups excluding carboxylic acids is 1. The average Bonchev–Trinajstić information content (AvgIpc) is 3.09. The highest BCUT2D eigenvalue weighted by atomic mass is 16.5. The molecule has 0 bridgehead atoms. The van der Waals surface area contributed by atoms with Crippen LogP contribution in [0.5, 0.6) is 0 Å². The van der Waals surface area contributed by atoms with Crippen LogP contribution in [0.15, 0.2) is 60.8 Å². The summed E-state index contributed by atoms with van der Waals surface area (Å²) in [4.78, 5) is 14.7. The summed E-state index contributed by atoms with van der Waals surface area (Å²) in [6, 6.07) is 18.7. The molecule has 1 aliphatic heterocycles. The van der Waals surface area contributed by atoms with E-state index in [1.807, 2.05) is 23.1 Å². The second-order valence-corrected chi connectivity index (χ2v) is 6.93. The lowest BCUT2D eigenvalue weighted by Crippen LogP contribution is -2.42. The normalized spacial score (nSPS) is 17.6. The van der Waals surface area contributed by atoms with Crippen LogP contribution in [0.1, 0.15) is 23.7 Å². The van der Waals surface area contributed by atoms with Crippen LogP contribution in [0.2, 0.25) is 0 Å². The van der Waals surface area contributed by atoms with Gasteiger partial charge in [-0.1, -0.05) is 42.0 Å². The molecule has 4 rings (SSSR count). The molecule has 0 unspecified atom stereocenters. The van der Waals surface area contributed by atoms with Gasteiger partial charge in [0.25, 0.3) is 0 Å². The predicted octanol–water partition coefficient (Wildman–Crippen LogP) is 3.94. The van der Waals surface area contributed by atoms with Crippen LogP contribution in [0, 0.1) is 6.92 Å². The van der Waals surface area contributed by atoms with Crippen molar-refractivity contribution in [3.63, 3.8) is 0 Å². The molecule has 0 spiro atoms. The van der Waals surface area contributed by atoms with E-state index in [1.54, 1.807) is 0 Å². The van der Waals surface area contributed by atoms with Gasteiger partial charge in [-0.05, 0) is 36.1 Å². The Morgan fingerprint density at radius 1 is 1.15 bits per heavy atom. The van der Waals surface area contributed by atoms with Gasteiger partial charge >= 0.3 is 0 Å². The van der Waals surface area contributed by atoms with Crippen LogP contribution in [0.25, 0.3) is 10.9 Å². The Kier molecular flexibility index (Phi) is 4.76. The molecule has 4 heteroatoms. The number of aryl methyl sites for hydroxylation is 2. The first-order valence-corrected chi connectivity index (χ1v) is 9.20. The molecular weight excluding hydrogens is 324 g/mol. The molecule has 2 heterocycles. The summed E-state index contributed by atoms with van der Waals surface area (Å²) < 4.78 is 8.03. The van der Waals surface area contributed by atoms with Gasteiger partial charge in [-0.2, -0.15) is 0 Å². The average molecular weight is 348 g/mol. The standard InChI is InChI=1S/C22H24N2O2/c1-17-7-8-20-19(15-17)9-11-23(20)12-10-22(25)24-13-14-26-21(16-24)18-5-3-2-4-6-18/h2-9,11,15,21H,10,12-14,16H2,1H3/t21-/m1/s1. The van der Waals surface area contributed by atoms with Gasteiger partial charge in [0.15, 0.2) is 0 Å². The molecule has 0 N–H and O–H groups in total. The lowest BCUT2D eigenvalue weighted by atomic mass is 10.1. The van der Waals surface area contributed by atoms with Crippen LogP contribution in [-0.2, 0) is 16.1 Å². The fourth-order valence-electron chi connectivity index (χ4n) is 3.63. The molecule has 1 atom stereocenters. The third-order valence-corrected chi connectivity index (χ3v) is 5.08. The lowest BCUT2D eigenvalue weighted by molar-refractivity contribution is -0.139. The molecular formula is C22H24N2O2. The van der Waals surface area contributed by atoms with Crippen molar-refractivity contribution in [2.75, 3.05) is 19.7 Å². The molecule has 1 aliphatic rings. The summed E-state index contributed by atoms with van der Waals surface area (Å²) in [6.45, 7) is 4.71. The summed E-state index contributed by atoms with van der Waals surface area (Å²) in [5.41, 5.74) is 3.58. The third-order valence-electron chi connectivity index (χ3n) is 5.08. The highest BCUT2D eigenvalue weighted by Crippen LogP contribution is 2.23. The Hall–Kier alpha value is -2.59. The highest BCUT2D eigenvalue weighted by molar-refractivity contribution is 5.81. The van der Waals surface area contributed by atoms with Crippen molar-refractivity contribution in [1.29, 1.82) is 0 Å². The minimum absolute atomic E-state index is 0.0238. The minimum atomic E-state index is -0.0238. The van der Waals surface area contributed by atoms with Gasteiger partial charge in [0.2, 0.25) is 5.91 Å². The Labute approximate surface area is 154 Å². The number of morpholine rings is 1. The predicted molar refractivity (Wildman–Crippen MR) is 103 cm³/mol. The second-order valence-electron chi connectivity index (χ2n) is 6.93. The Bertz CT molecular complexity index is 901. The van der Waals surface area contributed by atoms with Crippen molar-refractivity contribution in [2.24, 2.45) is 0 Å². The number of ether oxygens (including phenoxy) is 1. The van der Waals surface area contributed by atoms with E-state index in [2.05, 4.69) is 54.1 Å². The first kappa shape index (κ1) is 16.9. The number of amides is 1. The number of aromatic nitrogens is 1. The maximum atomic E-state index is 12.7. The molecule has 1 amide bonds. The molecule has 3 aromatic rings. The molecule has 2 aromatic carbocycles. The first-order chi connectivity index (χ1) is 12.7. The van der Waals surface area contributed by atoms with E-state index in [0.29, 0.717) is 32.7 Å². The van der Waals surface area contributed by atoms with Crippen LogP contribution in [0.4, 0.5) is 0 Å². The molecule has 134 valence electrons. The molecule has 4 nitrogen and oxygen atoms in total. The van der Waals surface area contributed by atoms with E-state index < -0.39 is 0 Å². The summed E-state index contributed by atoms with van der Waals surface area (Å²) in [6.07, 6.45) is 2.56. The van der Waals surface area contributed by atoms with Crippen molar-refractivity contribution >= 4 is 16.8 Å². The first-order valence-electron chi connectivity index (χ1n) is 9.20. The fraction of sp³-hybridized carbons (Fsp3) is 0.318. The zero-order valence-electron chi connectivity index (χ0n) is 15.1. The van der Waals surface area contributed by atoms with Gasteiger partial charge < -0.3 is 14.2 Å². The molecule has 26 heavy (non-hydrogen) atoms. The van der Waals surface area contributed by atoms with Gasteiger partial charge in [0, 0.05) is 31.2 Å². The van der Waals surface area contributed by atoms with Gasteiger partial charge in [-0.15, -0.1) is 0 Å². The number of fused-ring (bicyclic) bond motifs is 1. The van der Waals surface area contributed by atoms with Gasteiger partial charge in [0.05, 0.1) is 13.2 Å². The Morgan fingerprint density at radius 2 is 2.00 bits per heavy atom. The third kappa shape index (κ3) is 3.51. The zero-order valence-corrected chi connectivity index (χ0v) is 15.1. The molecule has 1 fully saturated rings. The molecule has 0 aliphatic carbocycles. The summed E-state index contributed by atoms with van der Waals surface area (Å²) in [7, 11) is 0. The Balaban J connectivity index is 1.39. The van der Waals surface area contributed by atoms with Crippen LogP contribution in [-0.4, -0.2) is 35.1 Å². The van der Waals surface area contributed by atoms with E-state index in [0.717, 1.165) is 5.56 Å². The van der Waals surface area contributed by atoms with Crippen molar-refractivity contribution in [3.05, 3.63) is 71.9 Å². The van der Waals surface area contributed by atoms with Gasteiger partial charge in [-0.25, -0.2) is 0 Å². The summed E-state index contributed by atoms with van der Waals surface area (Å²) in [5, 5.41) is 1.23. The SMILES string of the molecule is Cc1ccc2c(ccn2CCC(=O)N2CCO[C@@H](c3ccccc3)C2)c1. The minimum Gasteiger partial charge on any atom is -0.370 e. The van der Waals surface area contributed by atoms with Crippen molar-refractivity contribution in [3.8, 4) is 0 Å². The smallest absolute Gasteiger partial charge is 0.224 e. The zero-order chi connectivity index (χ0) is 17.9. The summed E-state index contributed by atoms with van der Waals surface area (Å²) in [5.74, 6) is 0.197. The number of carbonyl (C=O) groups is 1. The lowest BCUT2D eigenvalue weighted by Gasteiger charge is -2.33. The summed E-state index contributed by atoms with van der Waals surface area (Å²) >= 11 is 0. The molecule has 0 radical (unpaired) electrons. The monoisotopic (exact) mass is 348 g/mol. The van der Waals surface area contributed by atoms with E-state index in [4.69, 9.17) is 4.74 Å². The van der Waals surface area contributed by atoms with E-state index in [-0.39, 0.29) is 12.0 Å². The van der Waals surface area contributed by atoms with Gasteiger partial charge in [0.1, 0.15) is 6.10 Å². The van der Waals surface area contributed by atoms with Crippen molar-refractivity contribution in [2.45, 2.75) is 26.0 Å². The number of rotatable bonds is 4.